The largest absolute Gasteiger partial charge is 0.481 e. The summed E-state index contributed by atoms with van der Waals surface area (Å²) in [6, 6.07) is 15.5. The van der Waals surface area contributed by atoms with Gasteiger partial charge in [0.15, 0.2) is 5.78 Å². The lowest BCUT2D eigenvalue weighted by Gasteiger charge is -2.04. The summed E-state index contributed by atoms with van der Waals surface area (Å²) in [5, 5.41) is 8.61. The van der Waals surface area contributed by atoms with Crippen LogP contribution in [-0.4, -0.2) is 23.1 Å². The number of Topliss-reactive ketones (excluding diaryl/α,β-unsaturated/α-hetero) is 1. The van der Waals surface area contributed by atoms with Crippen LogP contribution < -0.4 is 0 Å². The van der Waals surface area contributed by atoms with Crippen LogP contribution in [0.3, 0.4) is 0 Å². The quantitative estimate of drug-likeness (QED) is 0.502. The molecule has 0 bridgehead atoms. The molecule has 3 nitrogen and oxygen atoms in total. The molecule has 0 aliphatic rings. The minimum Gasteiger partial charge on any atom is -0.481 e. The Balaban J connectivity index is 2.04. The van der Waals surface area contributed by atoms with Gasteiger partial charge in [-0.25, -0.2) is 0 Å². The Bertz CT molecular complexity index is 630. The average Bonchev–Trinajstić information content (AvgIpc) is 2.48. The first-order valence-corrected chi connectivity index (χ1v) is 7.78. The van der Waals surface area contributed by atoms with Crippen LogP contribution in [0.1, 0.15) is 27.9 Å². The molecule has 0 aliphatic carbocycles. The van der Waals surface area contributed by atoms with Gasteiger partial charge in [0, 0.05) is 10.5 Å². The van der Waals surface area contributed by atoms with Crippen molar-refractivity contribution in [1.29, 1.82) is 0 Å². The Kier molecular flexibility index (Phi) is 5.17. The zero-order chi connectivity index (χ0) is 15.2. The Morgan fingerprint density at radius 2 is 1.48 bits per heavy atom. The van der Waals surface area contributed by atoms with Crippen LogP contribution in [-0.2, 0) is 11.2 Å². The number of ketones is 1. The summed E-state index contributed by atoms with van der Waals surface area (Å²) in [7, 11) is 0. The van der Waals surface area contributed by atoms with Gasteiger partial charge in [-0.05, 0) is 35.9 Å². The van der Waals surface area contributed by atoms with Gasteiger partial charge in [-0.1, -0.05) is 36.4 Å². The van der Waals surface area contributed by atoms with Crippen LogP contribution >= 0.6 is 11.8 Å². The number of carbonyl (C=O) groups excluding carboxylic acids is 1. The van der Waals surface area contributed by atoms with Crippen LogP contribution in [0.25, 0.3) is 0 Å². The third-order valence-corrected chi connectivity index (χ3v) is 3.90. The molecule has 21 heavy (non-hydrogen) atoms. The maximum Gasteiger partial charge on any atom is 0.311 e. The van der Waals surface area contributed by atoms with Crippen molar-refractivity contribution < 1.29 is 14.7 Å². The minimum atomic E-state index is -1.10. The maximum absolute atomic E-state index is 11.6. The number of thioether (sulfide) groups is 1. The molecule has 1 N–H and O–H groups in total. The number of carboxylic acid groups (broad SMARTS) is 1. The highest BCUT2D eigenvalue weighted by Gasteiger charge is 2.10. The Labute approximate surface area is 128 Å². The first-order chi connectivity index (χ1) is 10.1. The van der Waals surface area contributed by atoms with Gasteiger partial charge in [-0.2, -0.15) is 0 Å². The molecule has 0 heterocycles. The number of aliphatic carboxylic acids is 1. The van der Waals surface area contributed by atoms with Crippen molar-refractivity contribution in [2.45, 2.75) is 17.7 Å². The van der Waals surface area contributed by atoms with Crippen LogP contribution in [0.15, 0.2) is 53.4 Å². The molecule has 0 aliphatic heterocycles. The van der Waals surface area contributed by atoms with Crippen LogP contribution in [0.4, 0.5) is 0 Å². The zero-order valence-corrected chi connectivity index (χ0v) is 12.5. The molecule has 0 saturated heterocycles. The van der Waals surface area contributed by atoms with Crippen molar-refractivity contribution in [2.75, 3.05) is 6.26 Å². The Hall–Kier alpha value is -2.07. The summed E-state index contributed by atoms with van der Waals surface area (Å²) >= 11 is 1.71. The van der Waals surface area contributed by atoms with E-state index in [4.69, 9.17) is 5.11 Å². The van der Waals surface area contributed by atoms with Crippen molar-refractivity contribution >= 4 is 23.5 Å². The van der Waals surface area contributed by atoms with Gasteiger partial charge in [-0.3, -0.25) is 9.59 Å². The molecule has 4 heteroatoms. The first kappa shape index (κ1) is 15.3. The fourth-order valence-corrected chi connectivity index (χ4v) is 2.44. The van der Waals surface area contributed by atoms with Crippen molar-refractivity contribution in [3.63, 3.8) is 0 Å². The molecule has 0 radical (unpaired) electrons. The monoisotopic (exact) mass is 300 g/mol. The van der Waals surface area contributed by atoms with Crippen LogP contribution in [0.5, 0.6) is 0 Å². The summed E-state index contributed by atoms with van der Waals surface area (Å²) in [6.07, 6.45) is 2.37. The number of carboxylic acids is 1. The van der Waals surface area contributed by atoms with Crippen molar-refractivity contribution in [3.05, 3.63) is 65.2 Å². The topological polar surface area (TPSA) is 54.4 Å². The molecule has 2 aromatic rings. The predicted octanol–water partition coefficient (Wildman–Crippen LogP) is 3.66. The average molecular weight is 300 g/mol. The lowest BCUT2D eigenvalue weighted by atomic mass is 10.0. The molecule has 0 fully saturated rings. The second kappa shape index (κ2) is 7.09. The van der Waals surface area contributed by atoms with E-state index in [1.165, 1.54) is 10.5 Å². The highest BCUT2D eigenvalue weighted by atomic mass is 32.2. The number of hydrogen-bond donors (Lipinski definition) is 1. The smallest absolute Gasteiger partial charge is 0.311 e. The molecule has 0 aromatic heterocycles. The molecule has 0 spiro atoms. The van der Waals surface area contributed by atoms with E-state index in [0.29, 0.717) is 5.56 Å². The molecular formula is C17H16O3S. The van der Waals surface area contributed by atoms with Crippen LogP contribution in [0, 0.1) is 0 Å². The van der Waals surface area contributed by atoms with E-state index >= 15 is 0 Å². The van der Waals surface area contributed by atoms with E-state index in [1.54, 1.807) is 23.9 Å². The normalized spacial score (nSPS) is 10.3. The highest BCUT2D eigenvalue weighted by molar-refractivity contribution is 7.98. The molecular weight excluding hydrogens is 284 g/mol. The lowest BCUT2D eigenvalue weighted by Crippen LogP contribution is -2.06. The van der Waals surface area contributed by atoms with Crippen molar-refractivity contribution in [1.82, 2.24) is 0 Å². The van der Waals surface area contributed by atoms with Gasteiger partial charge in [0.2, 0.25) is 0 Å². The van der Waals surface area contributed by atoms with Gasteiger partial charge < -0.3 is 5.11 Å². The summed E-state index contributed by atoms with van der Waals surface area (Å²) in [4.78, 5) is 23.4. The van der Waals surface area contributed by atoms with Crippen molar-refractivity contribution in [3.8, 4) is 0 Å². The SMILES string of the molecule is CSc1ccc(Cc2ccc(C(=O)CC(=O)O)cc2)cc1. The molecule has 0 saturated carbocycles. The van der Waals surface area contributed by atoms with E-state index in [-0.39, 0.29) is 5.78 Å². The Morgan fingerprint density at radius 1 is 0.952 bits per heavy atom. The molecule has 0 atom stereocenters. The summed E-state index contributed by atoms with van der Waals surface area (Å²) < 4.78 is 0. The highest BCUT2D eigenvalue weighted by Crippen LogP contribution is 2.17. The standard InChI is InChI=1S/C17H16O3S/c1-21-15-8-4-13(5-9-15)10-12-2-6-14(7-3-12)16(18)11-17(19)20/h2-9H,10-11H2,1H3,(H,19,20). The van der Waals surface area contributed by atoms with Gasteiger partial charge in [0.05, 0.1) is 0 Å². The van der Waals surface area contributed by atoms with E-state index in [9.17, 15) is 9.59 Å². The molecule has 2 aromatic carbocycles. The Morgan fingerprint density at radius 3 is 1.95 bits per heavy atom. The van der Waals surface area contributed by atoms with E-state index in [2.05, 4.69) is 24.3 Å². The van der Waals surface area contributed by atoms with Gasteiger partial charge in [0.25, 0.3) is 0 Å². The summed E-state index contributed by atoms with van der Waals surface area (Å²) in [6.45, 7) is 0. The van der Waals surface area contributed by atoms with Crippen molar-refractivity contribution in [2.24, 2.45) is 0 Å². The molecule has 0 unspecified atom stereocenters. The molecule has 2 rings (SSSR count). The second-order valence-corrected chi connectivity index (χ2v) is 5.60. The van der Waals surface area contributed by atoms with Gasteiger partial charge in [-0.15, -0.1) is 11.8 Å². The fraction of sp³-hybridized carbons (Fsp3) is 0.176. The third-order valence-electron chi connectivity index (χ3n) is 3.15. The number of rotatable bonds is 6. The van der Waals surface area contributed by atoms with E-state index in [1.807, 2.05) is 18.4 Å². The number of carbonyl (C=O) groups is 2. The van der Waals surface area contributed by atoms with E-state index in [0.717, 1.165) is 12.0 Å². The number of hydrogen-bond acceptors (Lipinski definition) is 3. The summed E-state index contributed by atoms with van der Waals surface area (Å²) in [5.74, 6) is -1.46. The van der Waals surface area contributed by atoms with E-state index < -0.39 is 12.4 Å². The molecule has 108 valence electrons. The van der Waals surface area contributed by atoms with Gasteiger partial charge in [0.1, 0.15) is 6.42 Å². The van der Waals surface area contributed by atoms with Gasteiger partial charge >= 0.3 is 5.97 Å². The third kappa shape index (κ3) is 4.46. The first-order valence-electron chi connectivity index (χ1n) is 6.55. The fourth-order valence-electron chi connectivity index (χ4n) is 2.03. The molecule has 0 amide bonds. The van der Waals surface area contributed by atoms with Crippen LogP contribution in [0.2, 0.25) is 0 Å². The predicted molar refractivity (Wildman–Crippen MR) is 84.1 cm³/mol. The number of benzene rings is 2. The maximum atomic E-state index is 11.6. The lowest BCUT2D eigenvalue weighted by molar-refractivity contribution is -0.135. The second-order valence-electron chi connectivity index (χ2n) is 4.72. The zero-order valence-electron chi connectivity index (χ0n) is 11.7. The minimum absolute atomic E-state index is 0.363. The summed E-state index contributed by atoms with van der Waals surface area (Å²) in [5.41, 5.74) is 2.75.